The third-order valence-corrected chi connectivity index (χ3v) is 7.25. The molecule has 7 nitrogen and oxygen atoms in total. The molecule has 6 rings (SSSR count). The number of nitrogens with zero attached hydrogens (tertiary/aromatic N) is 4. The van der Waals surface area contributed by atoms with Crippen LogP contribution in [0.3, 0.4) is 0 Å². The molecule has 3 aromatic heterocycles. The van der Waals surface area contributed by atoms with Gasteiger partial charge in [-0.15, -0.1) is 0 Å². The molecule has 0 aliphatic rings. The van der Waals surface area contributed by atoms with Crippen LogP contribution < -0.4 is 10.3 Å². The molecule has 0 spiro atoms. The minimum absolute atomic E-state index is 0.266. The first-order valence-electron chi connectivity index (χ1n) is 12.7. The number of para-hydroxylation sites is 2. The molecule has 0 bridgehead atoms. The molecule has 0 fully saturated rings. The number of ether oxygens (including phenoxy) is 1. The van der Waals surface area contributed by atoms with E-state index in [1.54, 1.807) is 19.4 Å². The summed E-state index contributed by atoms with van der Waals surface area (Å²) in [6.07, 6.45) is 2.77. The second-order valence-corrected chi connectivity index (χ2v) is 9.44. The van der Waals surface area contributed by atoms with E-state index in [0.29, 0.717) is 39.9 Å². The molecule has 0 radical (unpaired) electrons. The summed E-state index contributed by atoms with van der Waals surface area (Å²) in [6, 6.07) is 23.3. The van der Waals surface area contributed by atoms with E-state index in [2.05, 4.69) is 37.5 Å². The number of methoxy groups -OCH3 is 1. The maximum absolute atomic E-state index is 13.7. The van der Waals surface area contributed by atoms with Crippen LogP contribution in [0, 0.1) is 6.92 Å². The third kappa shape index (κ3) is 3.70. The average molecular weight is 505 g/mol. The molecular formula is C31H28N4O3. The molecule has 0 unspecified atom stereocenters. The predicted molar refractivity (Wildman–Crippen MR) is 152 cm³/mol. The van der Waals surface area contributed by atoms with Crippen molar-refractivity contribution in [3.63, 3.8) is 0 Å². The van der Waals surface area contributed by atoms with Crippen LogP contribution in [0.4, 0.5) is 0 Å². The molecule has 0 saturated heterocycles. The van der Waals surface area contributed by atoms with Crippen LogP contribution in [-0.2, 0) is 0 Å². The SMILES string of the molecule is CC[C@@H](C)n1c(C)c(C=Nn2c(-c3cc4c(OC)cccc4o3)nc3ccccc3c2=O)c2ccccc21. The lowest BCUT2D eigenvalue weighted by atomic mass is 10.1. The number of benzene rings is 3. The highest BCUT2D eigenvalue weighted by molar-refractivity contribution is 6.01. The molecule has 0 N–H and O–H groups in total. The lowest BCUT2D eigenvalue weighted by molar-refractivity contribution is 0.419. The Morgan fingerprint density at radius 3 is 2.58 bits per heavy atom. The molecule has 0 aliphatic carbocycles. The van der Waals surface area contributed by atoms with Crippen molar-refractivity contribution in [3.05, 3.63) is 94.4 Å². The quantitative estimate of drug-likeness (QED) is 0.230. The van der Waals surface area contributed by atoms with Crippen LogP contribution in [0.15, 0.2) is 87.1 Å². The van der Waals surface area contributed by atoms with E-state index >= 15 is 0 Å². The number of fused-ring (bicyclic) bond motifs is 3. The van der Waals surface area contributed by atoms with Crippen LogP contribution >= 0.6 is 0 Å². The first kappa shape index (κ1) is 23.7. The van der Waals surface area contributed by atoms with Crippen molar-refractivity contribution in [2.24, 2.45) is 5.10 Å². The van der Waals surface area contributed by atoms with Crippen molar-refractivity contribution in [3.8, 4) is 17.3 Å². The first-order chi connectivity index (χ1) is 18.5. The summed E-state index contributed by atoms with van der Waals surface area (Å²) in [5.41, 5.74) is 4.17. The summed E-state index contributed by atoms with van der Waals surface area (Å²) < 4.78 is 15.3. The Morgan fingerprint density at radius 1 is 1.03 bits per heavy atom. The van der Waals surface area contributed by atoms with E-state index in [1.807, 2.05) is 54.6 Å². The molecule has 7 heteroatoms. The van der Waals surface area contributed by atoms with Gasteiger partial charge in [0.2, 0.25) is 5.82 Å². The fraction of sp³-hybridized carbons (Fsp3) is 0.194. The standard InChI is InChI=1S/C31H28N4O3/c1-5-19(2)34-20(3)24(21-11-7-9-14-26(21)34)18-32-35-30(33-25-13-8-6-12-22(25)31(35)36)29-17-23-27(37-4)15-10-16-28(23)38-29/h6-19H,5H2,1-4H3/t19-/m1/s1. The second-order valence-electron chi connectivity index (χ2n) is 9.44. The molecule has 0 saturated carbocycles. The number of aromatic nitrogens is 3. The Labute approximate surface area is 219 Å². The van der Waals surface area contributed by atoms with Crippen LogP contribution in [0.1, 0.15) is 37.6 Å². The summed E-state index contributed by atoms with van der Waals surface area (Å²) >= 11 is 0. The van der Waals surface area contributed by atoms with Gasteiger partial charge in [0.1, 0.15) is 11.3 Å². The van der Waals surface area contributed by atoms with Gasteiger partial charge in [-0.1, -0.05) is 43.3 Å². The largest absolute Gasteiger partial charge is 0.496 e. The molecule has 1 atom stereocenters. The van der Waals surface area contributed by atoms with Gasteiger partial charge in [-0.2, -0.15) is 9.78 Å². The monoisotopic (exact) mass is 504 g/mol. The maximum Gasteiger partial charge on any atom is 0.282 e. The van der Waals surface area contributed by atoms with Gasteiger partial charge in [0, 0.05) is 28.2 Å². The van der Waals surface area contributed by atoms with Crippen LogP contribution in [0.25, 0.3) is 44.4 Å². The average Bonchev–Trinajstić information content (AvgIpc) is 3.50. The first-order valence-corrected chi connectivity index (χ1v) is 12.7. The van der Waals surface area contributed by atoms with E-state index in [-0.39, 0.29) is 5.56 Å². The molecular weight excluding hydrogens is 476 g/mol. The highest BCUT2D eigenvalue weighted by atomic mass is 16.5. The van der Waals surface area contributed by atoms with Gasteiger partial charge in [-0.05, 0) is 56.7 Å². The highest BCUT2D eigenvalue weighted by Gasteiger charge is 2.19. The summed E-state index contributed by atoms with van der Waals surface area (Å²) in [5, 5.41) is 7.11. The van der Waals surface area contributed by atoms with Crippen LogP contribution in [-0.4, -0.2) is 27.6 Å². The fourth-order valence-corrected chi connectivity index (χ4v) is 5.16. The van der Waals surface area contributed by atoms with Crippen LogP contribution in [0.5, 0.6) is 5.75 Å². The highest BCUT2D eigenvalue weighted by Crippen LogP contribution is 2.33. The Hall–Kier alpha value is -4.65. The Bertz CT molecular complexity index is 1910. The molecule has 38 heavy (non-hydrogen) atoms. The maximum atomic E-state index is 13.7. The molecule has 3 aromatic carbocycles. The van der Waals surface area contributed by atoms with Crippen molar-refractivity contribution in [1.82, 2.24) is 14.2 Å². The molecule has 0 amide bonds. The summed E-state index contributed by atoms with van der Waals surface area (Å²) in [6.45, 7) is 6.50. The van der Waals surface area contributed by atoms with Gasteiger partial charge in [-0.25, -0.2) is 4.98 Å². The normalized spacial score (nSPS) is 12.7. The Kier molecular flexibility index (Phi) is 5.83. The van der Waals surface area contributed by atoms with Gasteiger partial charge in [0.15, 0.2) is 5.76 Å². The van der Waals surface area contributed by atoms with Gasteiger partial charge in [-0.3, -0.25) is 4.79 Å². The predicted octanol–water partition coefficient (Wildman–Crippen LogP) is 6.93. The molecule has 6 aromatic rings. The smallest absolute Gasteiger partial charge is 0.282 e. The number of rotatable bonds is 6. The van der Waals surface area contributed by atoms with Crippen molar-refractivity contribution in [2.75, 3.05) is 7.11 Å². The fourth-order valence-electron chi connectivity index (χ4n) is 5.16. The summed E-state index contributed by atoms with van der Waals surface area (Å²) in [5.74, 6) is 1.44. The zero-order chi connectivity index (χ0) is 26.4. The van der Waals surface area contributed by atoms with Crippen molar-refractivity contribution >= 4 is 39.0 Å². The van der Waals surface area contributed by atoms with Crippen molar-refractivity contribution in [2.45, 2.75) is 33.2 Å². The zero-order valence-electron chi connectivity index (χ0n) is 21.8. The lowest BCUT2D eigenvalue weighted by Gasteiger charge is -2.15. The lowest BCUT2D eigenvalue weighted by Crippen LogP contribution is -2.20. The van der Waals surface area contributed by atoms with Crippen molar-refractivity contribution < 1.29 is 9.15 Å². The molecule has 0 aliphatic heterocycles. The van der Waals surface area contributed by atoms with E-state index in [1.165, 1.54) is 4.68 Å². The van der Waals surface area contributed by atoms with E-state index in [4.69, 9.17) is 19.2 Å². The van der Waals surface area contributed by atoms with Gasteiger partial charge in [0.05, 0.1) is 29.6 Å². The number of furan rings is 1. The van der Waals surface area contributed by atoms with Gasteiger partial charge < -0.3 is 13.7 Å². The summed E-state index contributed by atoms with van der Waals surface area (Å²) in [4.78, 5) is 18.5. The van der Waals surface area contributed by atoms with Crippen molar-refractivity contribution in [1.29, 1.82) is 0 Å². The van der Waals surface area contributed by atoms with E-state index in [0.717, 1.165) is 34.0 Å². The topological polar surface area (TPSA) is 74.6 Å². The molecule has 3 heterocycles. The second kappa shape index (κ2) is 9.34. The van der Waals surface area contributed by atoms with E-state index < -0.39 is 0 Å². The Morgan fingerprint density at radius 2 is 1.79 bits per heavy atom. The van der Waals surface area contributed by atoms with Gasteiger partial charge in [0.25, 0.3) is 5.56 Å². The summed E-state index contributed by atoms with van der Waals surface area (Å²) in [7, 11) is 1.62. The number of hydrogen-bond acceptors (Lipinski definition) is 5. The van der Waals surface area contributed by atoms with Crippen LogP contribution in [0.2, 0.25) is 0 Å². The molecule has 190 valence electrons. The van der Waals surface area contributed by atoms with Gasteiger partial charge >= 0.3 is 0 Å². The van der Waals surface area contributed by atoms with E-state index in [9.17, 15) is 4.79 Å². The minimum atomic E-state index is -0.266. The third-order valence-electron chi connectivity index (χ3n) is 7.25. The number of hydrogen-bond donors (Lipinski definition) is 0. The Balaban J connectivity index is 1.59. The minimum Gasteiger partial charge on any atom is -0.496 e. The zero-order valence-corrected chi connectivity index (χ0v) is 21.8.